The molecule has 2 amide bonds. The van der Waals surface area contributed by atoms with Gasteiger partial charge in [-0.3, -0.25) is 19.5 Å². The number of nitrogens with zero attached hydrogens (tertiary/aromatic N) is 2. The van der Waals surface area contributed by atoms with Crippen molar-refractivity contribution in [3.8, 4) is 0 Å². The summed E-state index contributed by atoms with van der Waals surface area (Å²) in [7, 11) is 1.72. The first-order valence-corrected chi connectivity index (χ1v) is 9.62. The van der Waals surface area contributed by atoms with Crippen molar-refractivity contribution < 1.29 is 9.59 Å². The predicted octanol–water partition coefficient (Wildman–Crippen LogP) is 1.47. The molecule has 1 saturated heterocycles. The number of aryl methyl sites for hydroxylation is 1. The molecule has 0 aromatic heterocycles. The molecule has 6 heteroatoms. The van der Waals surface area contributed by atoms with E-state index in [1.54, 1.807) is 7.05 Å². The van der Waals surface area contributed by atoms with Crippen LogP contribution in [0.1, 0.15) is 17.5 Å². The van der Waals surface area contributed by atoms with E-state index in [1.165, 1.54) is 16.0 Å². The number of likely N-dealkylation sites (tertiary alicyclic amines) is 1. The molecule has 0 radical (unpaired) electrons. The molecule has 142 valence electrons. The molecule has 1 aromatic rings. The monoisotopic (exact) mass is 366 g/mol. The summed E-state index contributed by atoms with van der Waals surface area (Å²) < 4.78 is 0. The molecule has 4 atom stereocenters. The zero-order valence-electron chi connectivity index (χ0n) is 15.8. The van der Waals surface area contributed by atoms with Gasteiger partial charge in [0.05, 0.1) is 11.8 Å². The molecule has 1 aromatic carbocycles. The molecule has 4 rings (SSSR count). The van der Waals surface area contributed by atoms with Crippen LogP contribution in [-0.4, -0.2) is 42.8 Å². The molecule has 6 nitrogen and oxygen atoms in total. The quantitative estimate of drug-likeness (QED) is 0.358. The largest absolute Gasteiger partial charge is 0.355 e. The third kappa shape index (κ3) is 3.13. The normalized spacial score (nSPS) is 28.8. The topological polar surface area (TPSA) is 73.8 Å². The number of carbonyl (C=O) groups is 2. The molecular formula is C21H26N4O2. The van der Waals surface area contributed by atoms with Gasteiger partial charge in [-0.1, -0.05) is 36.4 Å². The van der Waals surface area contributed by atoms with Crippen LogP contribution >= 0.6 is 0 Å². The summed E-state index contributed by atoms with van der Waals surface area (Å²) in [6, 6.07) is 8.20. The zero-order chi connectivity index (χ0) is 19.0. The Kier molecular flexibility index (Phi) is 4.72. The molecule has 27 heavy (non-hydrogen) atoms. The Balaban J connectivity index is 1.28. The second-order valence-corrected chi connectivity index (χ2v) is 7.61. The number of rotatable bonds is 5. The van der Waals surface area contributed by atoms with Crippen LogP contribution in [-0.2, 0) is 16.1 Å². The highest BCUT2D eigenvalue weighted by Crippen LogP contribution is 2.52. The first-order chi connectivity index (χ1) is 13.1. The minimum absolute atomic E-state index is 0.00602. The average Bonchev–Trinajstić information content (AvgIpc) is 3.35. The fraction of sp³-hybridized carbons (Fsp3) is 0.476. The van der Waals surface area contributed by atoms with Crippen LogP contribution in [0, 0.1) is 30.6 Å². The number of fused-ring (bicyclic) bond motifs is 5. The maximum atomic E-state index is 12.7. The van der Waals surface area contributed by atoms with Gasteiger partial charge in [0.15, 0.2) is 5.96 Å². The fourth-order valence-corrected chi connectivity index (χ4v) is 4.68. The van der Waals surface area contributed by atoms with Crippen LogP contribution in [0.25, 0.3) is 0 Å². The Hall–Kier alpha value is -2.63. The first kappa shape index (κ1) is 17.8. The summed E-state index contributed by atoms with van der Waals surface area (Å²) in [4.78, 5) is 31.0. The maximum Gasteiger partial charge on any atom is 0.233 e. The molecule has 2 N–H and O–H groups in total. The SMILES string of the molecule is CN=C(NCCN1C(=O)C2C3C=CC(C3)C2C1=O)NCc1ccccc1C. The number of carbonyl (C=O) groups excluding carboxylic acids is 2. The molecule has 1 heterocycles. The van der Waals surface area contributed by atoms with Gasteiger partial charge in [-0.2, -0.15) is 0 Å². The number of hydrogen-bond donors (Lipinski definition) is 2. The molecule has 2 aliphatic carbocycles. The third-order valence-corrected chi connectivity index (χ3v) is 6.12. The van der Waals surface area contributed by atoms with Crippen molar-refractivity contribution in [1.29, 1.82) is 0 Å². The predicted molar refractivity (Wildman–Crippen MR) is 104 cm³/mol. The molecule has 3 aliphatic rings. The molecule has 1 aliphatic heterocycles. The molecule has 2 fully saturated rings. The Morgan fingerprint density at radius 1 is 1.11 bits per heavy atom. The second kappa shape index (κ2) is 7.18. The van der Waals surface area contributed by atoms with Crippen molar-refractivity contribution in [2.24, 2.45) is 28.7 Å². The summed E-state index contributed by atoms with van der Waals surface area (Å²) in [5, 5.41) is 6.49. The summed E-state index contributed by atoms with van der Waals surface area (Å²) in [5.74, 6) is 0.963. The van der Waals surface area contributed by atoms with E-state index in [0.717, 1.165) is 6.42 Å². The van der Waals surface area contributed by atoms with E-state index in [9.17, 15) is 9.59 Å². The number of allylic oxidation sites excluding steroid dienone is 2. The second-order valence-electron chi connectivity index (χ2n) is 7.61. The van der Waals surface area contributed by atoms with E-state index in [1.807, 2.05) is 12.1 Å². The highest BCUT2D eigenvalue weighted by Gasteiger charge is 2.58. The van der Waals surface area contributed by atoms with Gasteiger partial charge < -0.3 is 10.6 Å². The highest BCUT2D eigenvalue weighted by atomic mass is 16.2. The van der Waals surface area contributed by atoms with Crippen molar-refractivity contribution in [3.63, 3.8) is 0 Å². The Bertz CT molecular complexity index is 786. The van der Waals surface area contributed by atoms with Crippen molar-refractivity contribution in [2.75, 3.05) is 20.1 Å². The third-order valence-electron chi connectivity index (χ3n) is 6.12. The Morgan fingerprint density at radius 2 is 1.78 bits per heavy atom. The summed E-state index contributed by atoms with van der Waals surface area (Å²) >= 11 is 0. The Labute approximate surface area is 159 Å². The van der Waals surface area contributed by atoms with Crippen molar-refractivity contribution in [1.82, 2.24) is 15.5 Å². The lowest BCUT2D eigenvalue weighted by atomic mass is 9.85. The zero-order valence-corrected chi connectivity index (χ0v) is 15.8. The van der Waals surface area contributed by atoms with Gasteiger partial charge in [0.2, 0.25) is 11.8 Å². The van der Waals surface area contributed by atoms with Gasteiger partial charge >= 0.3 is 0 Å². The van der Waals surface area contributed by atoms with E-state index in [-0.39, 0.29) is 35.5 Å². The van der Waals surface area contributed by atoms with Crippen LogP contribution in [0.3, 0.4) is 0 Å². The van der Waals surface area contributed by atoms with E-state index >= 15 is 0 Å². The number of hydrogen-bond acceptors (Lipinski definition) is 3. The average molecular weight is 366 g/mol. The molecular weight excluding hydrogens is 340 g/mol. The standard InChI is InChI=1S/C21H26N4O2/c1-13-5-3-4-6-16(13)12-24-21(22-2)23-9-10-25-19(26)17-14-7-8-15(11-14)18(17)20(25)27/h3-8,14-15,17-18H,9-12H2,1-2H3,(H2,22,23,24). The van der Waals surface area contributed by atoms with Crippen molar-refractivity contribution in [3.05, 3.63) is 47.5 Å². The first-order valence-electron chi connectivity index (χ1n) is 9.62. The smallest absolute Gasteiger partial charge is 0.233 e. The number of imide groups is 1. The van der Waals surface area contributed by atoms with Gasteiger partial charge in [-0.15, -0.1) is 0 Å². The molecule has 4 unspecified atom stereocenters. The number of guanidine groups is 1. The lowest BCUT2D eigenvalue weighted by molar-refractivity contribution is -0.140. The summed E-state index contributed by atoms with van der Waals surface area (Å²) in [6.45, 7) is 3.63. The summed E-state index contributed by atoms with van der Waals surface area (Å²) in [5.41, 5.74) is 2.43. The molecule has 1 saturated carbocycles. The van der Waals surface area contributed by atoms with Crippen LogP contribution in [0.4, 0.5) is 0 Å². The number of amides is 2. The van der Waals surface area contributed by atoms with Crippen LogP contribution < -0.4 is 10.6 Å². The van der Waals surface area contributed by atoms with E-state index in [4.69, 9.17) is 0 Å². The lowest BCUT2D eigenvalue weighted by Gasteiger charge is -2.19. The van der Waals surface area contributed by atoms with Gasteiger partial charge in [-0.05, 0) is 36.3 Å². The number of aliphatic imine (C=N–C) groups is 1. The minimum atomic E-state index is -0.119. The van der Waals surface area contributed by atoms with Crippen LogP contribution in [0.2, 0.25) is 0 Å². The lowest BCUT2D eigenvalue weighted by Crippen LogP contribution is -2.43. The van der Waals surface area contributed by atoms with Crippen molar-refractivity contribution >= 4 is 17.8 Å². The van der Waals surface area contributed by atoms with Gasteiger partial charge in [0.1, 0.15) is 0 Å². The summed E-state index contributed by atoms with van der Waals surface area (Å²) in [6.07, 6.45) is 5.21. The van der Waals surface area contributed by atoms with Gasteiger partial charge in [-0.25, -0.2) is 0 Å². The van der Waals surface area contributed by atoms with E-state index in [2.05, 4.69) is 46.8 Å². The molecule has 0 spiro atoms. The van der Waals surface area contributed by atoms with E-state index < -0.39 is 0 Å². The van der Waals surface area contributed by atoms with Gasteiger partial charge in [0.25, 0.3) is 0 Å². The van der Waals surface area contributed by atoms with Crippen molar-refractivity contribution in [2.45, 2.75) is 19.9 Å². The minimum Gasteiger partial charge on any atom is -0.355 e. The Morgan fingerprint density at radius 3 is 2.41 bits per heavy atom. The molecule has 2 bridgehead atoms. The number of nitrogens with one attached hydrogen (secondary N) is 2. The van der Waals surface area contributed by atoms with Crippen LogP contribution in [0.15, 0.2) is 41.4 Å². The maximum absolute atomic E-state index is 12.7. The highest BCUT2D eigenvalue weighted by molar-refractivity contribution is 6.06. The van der Waals surface area contributed by atoms with E-state index in [0.29, 0.717) is 25.6 Å². The fourth-order valence-electron chi connectivity index (χ4n) is 4.68. The van der Waals surface area contributed by atoms with Gasteiger partial charge in [0, 0.05) is 26.7 Å². The number of benzene rings is 1. The van der Waals surface area contributed by atoms with Crippen LogP contribution in [0.5, 0.6) is 0 Å².